The summed E-state index contributed by atoms with van der Waals surface area (Å²) in [4.78, 5) is 0. The third-order valence-electron chi connectivity index (χ3n) is 3.11. The largest absolute Gasteiger partial charge is 0.374 e. The summed E-state index contributed by atoms with van der Waals surface area (Å²) in [6.07, 6.45) is 10.5. The Morgan fingerprint density at radius 3 is 2.06 bits per heavy atom. The monoisotopic (exact) mass is 258 g/mol. The van der Waals surface area contributed by atoms with Crippen LogP contribution in [0.25, 0.3) is 0 Å². The lowest BCUT2D eigenvalue weighted by Gasteiger charge is -2.24. The molecular weight excluding hydrogens is 224 g/mol. The molecule has 1 unspecified atom stereocenters. The molecule has 0 saturated carbocycles. The fourth-order valence-corrected chi connectivity index (χ4v) is 1.91. The van der Waals surface area contributed by atoms with Crippen LogP contribution in [0, 0.1) is 0 Å². The summed E-state index contributed by atoms with van der Waals surface area (Å²) in [5.41, 5.74) is 2.79. The van der Waals surface area contributed by atoms with Gasteiger partial charge in [0.15, 0.2) is 0 Å². The van der Waals surface area contributed by atoms with Crippen molar-refractivity contribution < 1.29 is 4.74 Å². The molecule has 3 heteroatoms. The van der Waals surface area contributed by atoms with Gasteiger partial charge in [-0.25, -0.2) is 0 Å². The molecule has 0 saturated heterocycles. The van der Waals surface area contributed by atoms with Gasteiger partial charge in [0, 0.05) is 6.04 Å². The molecule has 0 radical (unpaired) electrons. The lowest BCUT2D eigenvalue weighted by atomic mass is 10.1. The third-order valence-corrected chi connectivity index (χ3v) is 3.11. The summed E-state index contributed by atoms with van der Waals surface area (Å²) >= 11 is 0. The van der Waals surface area contributed by atoms with E-state index in [1.807, 2.05) is 0 Å². The standard InChI is InChI=1S/C15H34N2O/c1-5-6-7-8-9-10-11-12-14(17-16)13-18-15(2,3)4/h14,17H,5-13,16H2,1-4H3. The first-order valence-electron chi connectivity index (χ1n) is 7.59. The van der Waals surface area contributed by atoms with E-state index in [1.165, 1.54) is 44.9 Å². The van der Waals surface area contributed by atoms with Gasteiger partial charge in [-0.05, 0) is 27.2 Å². The molecule has 110 valence electrons. The molecule has 0 bridgehead atoms. The molecule has 0 fully saturated rings. The van der Waals surface area contributed by atoms with Crippen LogP contribution in [0.1, 0.15) is 79.1 Å². The molecule has 1 atom stereocenters. The summed E-state index contributed by atoms with van der Waals surface area (Å²) in [7, 11) is 0. The van der Waals surface area contributed by atoms with E-state index in [1.54, 1.807) is 0 Å². The maximum absolute atomic E-state index is 5.75. The summed E-state index contributed by atoms with van der Waals surface area (Å²) in [5.74, 6) is 5.55. The molecule has 0 aromatic heterocycles. The van der Waals surface area contributed by atoms with Crippen LogP contribution in [0.4, 0.5) is 0 Å². The molecule has 0 aliphatic carbocycles. The molecule has 18 heavy (non-hydrogen) atoms. The smallest absolute Gasteiger partial charge is 0.0640 e. The Hall–Kier alpha value is -0.120. The first kappa shape index (κ1) is 17.9. The van der Waals surface area contributed by atoms with Gasteiger partial charge in [0.2, 0.25) is 0 Å². The first-order valence-corrected chi connectivity index (χ1v) is 7.59. The maximum Gasteiger partial charge on any atom is 0.0640 e. The molecule has 0 aromatic rings. The Labute approximate surface area is 114 Å². The van der Waals surface area contributed by atoms with Crippen LogP contribution in [0.3, 0.4) is 0 Å². The quantitative estimate of drug-likeness (QED) is 0.337. The molecule has 0 aromatic carbocycles. The highest BCUT2D eigenvalue weighted by Crippen LogP contribution is 2.12. The number of hydrogen-bond donors (Lipinski definition) is 2. The van der Waals surface area contributed by atoms with Gasteiger partial charge in [-0.1, -0.05) is 51.9 Å². The summed E-state index contributed by atoms with van der Waals surface area (Å²) < 4.78 is 5.75. The fourth-order valence-electron chi connectivity index (χ4n) is 1.91. The van der Waals surface area contributed by atoms with Gasteiger partial charge in [0.25, 0.3) is 0 Å². The second-order valence-electron chi connectivity index (χ2n) is 6.20. The van der Waals surface area contributed by atoms with E-state index in [9.17, 15) is 0 Å². The van der Waals surface area contributed by atoms with E-state index in [-0.39, 0.29) is 5.60 Å². The predicted octanol–water partition coefficient (Wildman–Crippen LogP) is 3.77. The molecule has 3 nitrogen and oxygen atoms in total. The van der Waals surface area contributed by atoms with Gasteiger partial charge in [0.05, 0.1) is 12.2 Å². The summed E-state index contributed by atoms with van der Waals surface area (Å²) in [5, 5.41) is 0. The predicted molar refractivity (Wildman–Crippen MR) is 79.4 cm³/mol. The highest BCUT2D eigenvalue weighted by molar-refractivity contribution is 4.66. The molecule has 0 aliphatic heterocycles. The first-order chi connectivity index (χ1) is 8.49. The Balaban J connectivity index is 3.44. The van der Waals surface area contributed by atoms with Gasteiger partial charge in [0.1, 0.15) is 0 Å². The van der Waals surface area contributed by atoms with E-state index in [2.05, 4.69) is 33.1 Å². The van der Waals surface area contributed by atoms with Crippen molar-refractivity contribution in [3.8, 4) is 0 Å². The molecule has 0 heterocycles. The Bertz CT molecular complexity index is 178. The molecule has 0 aliphatic rings. The van der Waals surface area contributed by atoms with Crippen LogP contribution >= 0.6 is 0 Å². The topological polar surface area (TPSA) is 47.3 Å². The van der Waals surface area contributed by atoms with Crippen LogP contribution in [0.2, 0.25) is 0 Å². The second-order valence-corrected chi connectivity index (χ2v) is 6.20. The van der Waals surface area contributed by atoms with Gasteiger partial charge >= 0.3 is 0 Å². The van der Waals surface area contributed by atoms with Crippen LogP contribution in [0.5, 0.6) is 0 Å². The van der Waals surface area contributed by atoms with E-state index >= 15 is 0 Å². The van der Waals surface area contributed by atoms with Crippen molar-refractivity contribution in [2.75, 3.05) is 6.61 Å². The number of rotatable bonds is 11. The lowest BCUT2D eigenvalue weighted by molar-refractivity contribution is -0.0156. The highest BCUT2D eigenvalue weighted by Gasteiger charge is 2.14. The number of nitrogens with one attached hydrogen (secondary N) is 1. The van der Waals surface area contributed by atoms with Crippen LogP contribution in [-0.4, -0.2) is 18.2 Å². The average Bonchev–Trinajstić information content (AvgIpc) is 2.30. The molecule has 0 amide bonds. The summed E-state index contributed by atoms with van der Waals surface area (Å²) in [6.45, 7) is 9.19. The number of nitrogens with two attached hydrogens (primary N) is 1. The lowest BCUT2D eigenvalue weighted by Crippen LogP contribution is -2.40. The number of hydrogen-bond acceptors (Lipinski definition) is 3. The van der Waals surface area contributed by atoms with Gasteiger partial charge in [-0.2, -0.15) is 0 Å². The maximum atomic E-state index is 5.75. The van der Waals surface area contributed by atoms with Crippen molar-refractivity contribution in [3.63, 3.8) is 0 Å². The molecule has 0 spiro atoms. The van der Waals surface area contributed by atoms with Crippen molar-refractivity contribution in [3.05, 3.63) is 0 Å². The minimum absolute atomic E-state index is 0.0742. The van der Waals surface area contributed by atoms with E-state index < -0.39 is 0 Å². The normalized spacial score (nSPS) is 13.8. The Morgan fingerprint density at radius 1 is 1.00 bits per heavy atom. The average molecular weight is 258 g/mol. The molecule has 3 N–H and O–H groups in total. The van der Waals surface area contributed by atoms with Crippen molar-refractivity contribution in [2.24, 2.45) is 5.84 Å². The minimum Gasteiger partial charge on any atom is -0.374 e. The molecular formula is C15H34N2O. The van der Waals surface area contributed by atoms with E-state index in [4.69, 9.17) is 10.6 Å². The summed E-state index contributed by atoms with van der Waals surface area (Å²) in [6, 6.07) is 0.292. The van der Waals surface area contributed by atoms with Crippen LogP contribution < -0.4 is 11.3 Å². The van der Waals surface area contributed by atoms with E-state index in [0.717, 1.165) is 6.42 Å². The van der Waals surface area contributed by atoms with Gasteiger partial charge in [-0.15, -0.1) is 0 Å². The number of hydrazine groups is 1. The zero-order chi connectivity index (χ0) is 13.9. The number of ether oxygens (including phenoxy) is 1. The second kappa shape index (κ2) is 10.8. The van der Waals surface area contributed by atoms with Crippen LogP contribution in [-0.2, 0) is 4.74 Å². The van der Waals surface area contributed by atoms with Crippen molar-refractivity contribution in [1.29, 1.82) is 0 Å². The minimum atomic E-state index is -0.0742. The zero-order valence-corrected chi connectivity index (χ0v) is 12.9. The Morgan fingerprint density at radius 2 is 1.56 bits per heavy atom. The Kier molecular flexibility index (Phi) is 10.7. The van der Waals surface area contributed by atoms with Crippen LogP contribution in [0.15, 0.2) is 0 Å². The van der Waals surface area contributed by atoms with E-state index in [0.29, 0.717) is 12.6 Å². The highest BCUT2D eigenvalue weighted by atomic mass is 16.5. The fraction of sp³-hybridized carbons (Fsp3) is 1.00. The zero-order valence-electron chi connectivity index (χ0n) is 12.9. The van der Waals surface area contributed by atoms with Gasteiger partial charge in [-0.3, -0.25) is 11.3 Å². The van der Waals surface area contributed by atoms with Crippen molar-refractivity contribution in [1.82, 2.24) is 5.43 Å². The molecule has 0 rings (SSSR count). The van der Waals surface area contributed by atoms with Gasteiger partial charge < -0.3 is 4.74 Å². The number of unbranched alkanes of at least 4 members (excludes halogenated alkanes) is 6. The third kappa shape index (κ3) is 12.3. The van der Waals surface area contributed by atoms with Crippen molar-refractivity contribution in [2.45, 2.75) is 90.7 Å². The van der Waals surface area contributed by atoms with Crippen molar-refractivity contribution >= 4 is 0 Å². The SMILES string of the molecule is CCCCCCCCCC(COC(C)(C)C)NN.